The van der Waals surface area contributed by atoms with Crippen molar-refractivity contribution in [2.45, 2.75) is 39.8 Å². The first-order chi connectivity index (χ1) is 10.8. The van der Waals surface area contributed by atoms with Crippen LogP contribution < -0.4 is 10.1 Å². The quantitative estimate of drug-likeness (QED) is 0.871. The topological polar surface area (TPSA) is 34.1 Å². The number of ether oxygens (including phenoxy) is 1. The van der Waals surface area contributed by atoms with Crippen LogP contribution in [0.3, 0.4) is 0 Å². The summed E-state index contributed by atoms with van der Waals surface area (Å²) >= 11 is 6.18. The molecule has 1 N–H and O–H groups in total. The third-order valence-corrected chi connectivity index (χ3v) is 4.36. The van der Waals surface area contributed by atoms with Crippen molar-refractivity contribution in [1.82, 2.24) is 10.3 Å². The second-order valence-electron chi connectivity index (χ2n) is 6.15. The van der Waals surface area contributed by atoms with E-state index < -0.39 is 5.54 Å². The van der Waals surface area contributed by atoms with Crippen LogP contribution in [0.4, 0.5) is 4.39 Å². The molecular weight excluding hydrogens is 315 g/mol. The molecule has 0 fully saturated rings. The summed E-state index contributed by atoms with van der Waals surface area (Å²) in [6.07, 6.45) is 1.81. The Morgan fingerprint density at radius 1 is 1.30 bits per heavy atom. The molecule has 1 heterocycles. The molecule has 0 unspecified atom stereocenters. The Kier molecular flexibility index (Phi) is 5.27. The monoisotopic (exact) mass is 336 g/mol. The predicted molar refractivity (Wildman–Crippen MR) is 91.5 cm³/mol. The van der Waals surface area contributed by atoms with Crippen molar-refractivity contribution in [3.63, 3.8) is 0 Å². The second kappa shape index (κ2) is 6.85. The van der Waals surface area contributed by atoms with Crippen LogP contribution in [0.2, 0.25) is 5.02 Å². The smallest absolute Gasteiger partial charge is 0.128 e. The van der Waals surface area contributed by atoms with Gasteiger partial charge in [0.15, 0.2) is 0 Å². The lowest BCUT2D eigenvalue weighted by molar-refractivity contribution is 0.390. The summed E-state index contributed by atoms with van der Waals surface area (Å²) in [5.41, 5.74) is 3.36. The summed E-state index contributed by atoms with van der Waals surface area (Å²) in [6.45, 7) is 8.54. The lowest BCUT2D eigenvalue weighted by atomic mass is 9.94. The molecule has 0 aliphatic carbocycles. The summed E-state index contributed by atoms with van der Waals surface area (Å²) in [6, 6.07) is 4.46. The average molecular weight is 337 g/mol. The zero-order valence-corrected chi connectivity index (χ0v) is 14.9. The molecule has 0 atom stereocenters. The minimum atomic E-state index is -0.420. The Bertz CT molecular complexity index is 716. The molecule has 1 aromatic heterocycles. The molecule has 2 aromatic rings. The summed E-state index contributed by atoms with van der Waals surface area (Å²) in [7, 11) is 1.66. The number of aromatic nitrogens is 1. The number of aryl methyl sites for hydroxylation is 1. The van der Waals surface area contributed by atoms with Gasteiger partial charge in [-0.2, -0.15) is 0 Å². The summed E-state index contributed by atoms with van der Waals surface area (Å²) in [4.78, 5) is 4.48. The number of pyridine rings is 1. The fraction of sp³-hybridized carbons (Fsp3) is 0.389. The molecule has 5 heteroatoms. The van der Waals surface area contributed by atoms with Crippen LogP contribution in [0, 0.1) is 19.7 Å². The van der Waals surface area contributed by atoms with E-state index in [4.69, 9.17) is 16.3 Å². The largest absolute Gasteiger partial charge is 0.496 e. The lowest BCUT2D eigenvalue weighted by Crippen LogP contribution is -2.36. The molecule has 0 saturated carbocycles. The van der Waals surface area contributed by atoms with Crippen LogP contribution in [0.1, 0.15) is 36.2 Å². The fourth-order valence-electron chi connectivity index (χ4n) is 2.65. The van der Waals surface area contributed by atoms with Crippen molar-refractivity contribution in [2.24, 2.45) is 0 Å². The number of nitrogens with one attached hydrogen (secondary N) is 1. The Morgan fingerprint density at radius 2 is 2.00 bits per heavy atom. The van der Waals surface area contributed by atoms with Gasteiger partial charge < -0.3 is 10.1 Å². The third-order valence-electron chi connectivity index (χ3n) is 4.05. The van der Waals surface area contributed by atoms with Crippen LogP contribution in [0.5, 0.6) is 5.75 Å². The number of hydrogen-bond donors (Lipinski definition) is 1. The van der Waals surface area contributed by atoms with Crippen molar-refractivity contribution >= 4 is 11.6 Å². The van der Waals surface area contributed by atoms with E-state index in [2.05, 4.69) is 10.3 Å². The summed E-state index contributed by atoms with van der Waals surface area (Å²) < 4.78 is 18.7. The zero-order chi connectivity index (χ0) is 17.2. The maximum Gasteiger partial charge on any atom is 0.128 e. The van der Waals surface area contributed by atoms with Gasteiger partial charge in [-0.05, 0) is 45.4 Å². The molecule has 0 spiro atoms. The van der Waals surface area contributed by atoms with Gasteiger partial charge in [0, 0.05) is 34.4 Å². The first kappa shape index (κ1) is 17.7. The molecule has 0 radical (unpaired) electrons. The molecule has 0 aliphatic heterocycles. The van der Waals surface area contributed by atoms with Crippen molar-refractivity contribution in [3.05, 3.63) is 57.6 Å². The van der Waals surface area contributed by atoms with Crippen molar-refractivity contribution < 1.29 is 9.13 Å². The molecule has 1 aromatic carbocycles. The first-order valence-corrected chi connectivity index (χ1v) is 7.83. The van der Waals surface area contributed by atoms with E-state index in [1.165, 1.54) is 12.1 Å². The molecule has 0 amide bonds. The SMILES string of the molecule is COc1c(C)cnc(CNC(C)(C)c2ccc(F)cc2Cl)c1C. The number of hydrogen-bond acceptors (Lipinski definition) is 3. The molecule has 2 rings (SSSR count). The fourth-order valence-corrected chi connectivity index (χ4v) is 3.05. The van der Waals surface area contributed by atoms with Gasteiger partial charge in [0.1, 0.15) is 11.6 Å². The molecule has 3 nitrogen and oxygen atoms in total. The van der Waals surface area contributed by atoms with Crippen molar-refractivity contribution in [1.29, 1.82) is 0 Å². The van der Waals surface area contributed by atoms with E-state index in [0.29, 0.717) is 11.6 Å². The number of methoxy groups -OCH3 is 1. The maximum absolute atomic E-state index is 13.2. The van der Waals surface area contributed by atoms with E-state index in [-0.39, 0.29) is 5.82 Å². The minimum Gasteiger partial charge on any atom is -0.496 e. The van der Waals surface area contributed by atoms with Gasteiger partial charge in [-0.1, -0.05) is 17.7 Å². The van der Waals surface area contributed by atoms with E-state index in [1.807, 2.05) is 27.7 Å². The van der Waals surface area contributed by atoms with Crippen LogP contribution >= 0.6 is 11.6 Å². The Morgan fingerprint density at radius 3 is 2.61 bits per heavy atom. The number of halogens is 2. The van der Waals surface area contributed by atoms with Crippen LogP contribution in [-0.4, -0.2) is 12.1 Å². The number of nitrogens with zero attached hydrogens (tertiary/aromatic N) is 1. The van der Waals surface area contributed by atoms with Gasteiger partial charge in [0.05, 0.1) is 12.8 Å². The average Bonchev–Trinajstić information content (AvgIpc) is 2.46. The third kappa shape index (κ3) is 3.82. The predicted octanol–water partition coefficient (Wildman–Crippen LogP) is 4.52. The van der Waals surface area contributed by atoms with E-state index in [0.717, 1.165) is 28.1 Å². The molecule has 0 aliphatic rings. The maximum atomic E-state index is 13.2. The summed E-state index contributed by atoms with van der Waals surface area (Å²) in [5.74, 6) is 0.518. The Labute approximate surface area is 141 Å². The normalized spacial score (nSPS) is 11.6. The number of benzene rings is 1. The first-order valence-electron chi connectivity index (χ1n) is 7.46. The Hall–Kier alpha value is -1.65. The van der Waals surface area contributed by atoms with Crippen LogP contribution in [-0.2, 0) is 12.1 Å². The summed E-state index contributed by atoms with van der Waals surface area (Å²) in [5, 5.41) is 3.85. The van der Waals surface area contributed by atoms with Gasteiger partial charge in [0.2, 0.25) is 0 Å². The van der Waals surface area contributed by atoms with Gasteiger partial charge in [-0.25, -0.2) is 4.39 Å². The van der Waals surface area contributed by atoms with E-state index in [9.17, 15) is 4.39 Å². The molecule has 124 valence electrons. The van der Waals surface area contributed by atoms with Crippen molar-refractivity contribution in [2.75, 3.05) is 7.11 Å². The van der Waals surface area contributed by atoms with Crippen molar-refractivity contribution in [3.8, 4) is 5.75 Å². The highest BCUT2D eigenvalue weighted by Gasteiger charge is 2.23. The highest BCUT2D eigenvalue weighted by atomic mass is 35.5. The van der Waals surface area contributed by atoms with Gasteiger partial charge in [-0.3, -0.25) is 4.98 Å². The van der Waals surface area contributed by atoms with E-state index >= 15 is 0 Å². The van der Waals surface area contributed by atoms with Crippen LogP contribution in [0.25, 0.3) is 0 Å². The Balaban J connectivity index is 2.22. The second-order valence-corrected chi connectivity index (χ2v) is 6.56. The zero-order valence-electron chi connectivity index (χ0n) is 14.1. The molecule has 0 bridgehead atoms. The number of rotatable bonds is 5. The van der Waals surface area contributed by atoms with E-state index in [1.54, 1.807) is 19.4 Å². The highest BCUT2D eigenvalue weighted by Crippen LogP contribution is 2.29. The molecular formula is C18H22ClFN2O. The lowest BCUT2D eigenvalue weighted by Gasteiger charge is -2.28. The standard InChI is InChI=1S/C18H22ClFN2O/c1-11-9-21-16(12(2)17(11)23-5)10-22-18(3,4)14-7-6-13(20)8-15(14)19/h6-9,22H,10H2,1-5H3. The molecule has 23 heavy (non-hydrogen) atoms. The highest BCUT2D eigenvalue weighted by molar-refractivity contribution is 6.31. The van der Waals surface area contributed by atoms with Gasteiger partial charge in [-0.15, -0.1) is 0 Å². The molecule has 0 saturated heterocycles. The van der Waals surface area contributed by atoms with Crippen LogP contribution in [0.15, 0.2) is 24.4 Å². The van der Waals surface area contributed by atoms with Gasteiger partial charge >= 0.3 is 0 Å². The van der Waals surface area contributed by atoms with Gasteiger partial charge in [0.25, 0.3) is 0 Å². The minimum absolute atomic E-state index is 0.338.